The molecule has 7 rings (SSSR count). The molecule has 0 saturated carbocycles. The second kappa shape index (κ2) is 12.8. The van der Waals surface area contributed by atoms with Crippen molar-refractivity contribution >= 4 is 34.1 Å². The molecule has 0 aliphatic rings. The fraction of sp³-hybridized carbons (Fsp3) is 0.0833. The van der Waals surface area contributed by atoms with E-state index in [-0.39, 0.29) is 11.3 Å². The van der Waals surface area contributed by atoms with E-state index in [4.69, 9.17) is 9.84 Å². The summed E-state index contributed by atoms with van der Waals surface area (Å²) in [6, 6.07) is 35.8. The SMILES string of the molecule is Cc1ccccc1NC(=O)c1cc(Oc2c(CSc3n[nH][n+](-c4ccccc4)n3)c(C)nn2-c2ccccc2)c2ccccc2c1O. The molecule has 3 N–H and O–H groups in total. The number of rotatable bonds is 9. The highest BCUT2D eigenvalue weighted by Gasteiger charge is 2.25. The molecule has 2 aromatic heterocycles. The second-order valence-corrected chi connectivity index (χ2v) is 11.8. The highest BCUT2D eigenvalue weighted by molar-refractivity contribution is 7.98. The van der Waals surface area contributed by atoms with E-state index in [1.54, 1.807) is 21.6 Å². The Balaban J connectivity index is 1.28. The molecule has 2 heterocycles. The average Bonchev–Trinajstić information content (AvgIpc) is 3.71. The number of nitrogens with one attached hydrogen (secondary N) is 2. The standard InChI is InChI=1S/C36H29N7O3S/c1-23-13-9-12-20-31(23)37-34(45)29-21-32(27-18-10-11-19-28(27)33(29)44)46-35-30(24(2)39-42(35)25-14-5-3-6-15-25)22-47-36-38-41-43(40-36)26-16-7-4-8-17-26/h3-21H,22H2,1-2H3,(H2,37,44,45)/p+1. The molecule has 232 valence electrons. The molecule has 1 amide bonds. The van der Waals surface area contributed by atoms with Crippen molar-refractivity contribution in [2.24, 2.45) is 0 Å². The van der Waals surface area contributed by atoms with Gasteiger partial charge < -0.3 is 15.2 Å². The number of thioether (sulfide) groups is 1. The number of para-hydroxylation sites is 3. The number of aromatic nitrogens is 6. The summed E-state index contributed by atoms with van der Waals surface area (Å²) in [6.45, 7) is 3.84. The van der Waals surface area contributed by atoms with Gasteiger partial charge in [-0.3, -0.25) is 4.79 Å². The van der Waals surface area contributed by atoms with Crippen LogP contribution in [-0.4, -0.2) is 36.2 Å². The van der Waals surface area contributed by atoms with Crippen LogP contribution < -0.4 is 14.9 Å². The molecule has 0 aliphatic carbocycles. The van der Waals surface area contributed by atoms with Crippen LogP contribution in [0.25, 0.3) is 22.1 Å². The predicted molar refractivity (Wildman–Crippen MR) is 181 cm³/mol. The lowest BCUT2D eigenvalue weighted by atomic mass is 10.0. The number of nitrogens with zero attached hydrogens (tertiary/aromatic N) is 5. The highest BCUT2D eigenvalue weighted by atomic mass is 32.2. The first-order valence-corrected chi connectivity index (χ1v) is 15.9. The number of tetrazole rings is 1. The van der Waals surface area contributed by atoms with Crippen LogP contribution in [0.1, 0.15) is 27.2 Å². The number of anilines is 1. The van der Waals surface area contributed by atoms with Gasteiger partial charge in [-0.05, 0) is 77.6 Å². The summed E-state index contributed by atoms with van der Waals surface area (Å²) in [5, 5.41) is 32.7. The molecule has 0 aliphatic heterocycles. The lowest BCUT2D eigenvalue weighted by Gasteiger charge is -2.16. The van der Waals surface area contributed by atoms with Crippen molar-refractivity contribution in [3.63, 3.8) is 0 Å². The van der Waals surface area contributed by atoms with E-state index in [0.29, 0.717) is 39.0 Å². The van der Waals surface area contributed by atoms with Crippen molar-refractivity contribution in [3.8, 4) is 28.8 Å². The first kappa shape index (κ1) is 29.8. The van der Waals surface area contributed by atoms with Crippen LogP contribution in [0.3, 0.4) is 0 Å². The number of benzene rings is 5. The number of carbonyl (C=O) groups excluding carboxylic acids is 1. The Bertz CT molecular complexity index is 2220. The van der Waals surface area contributed by atoms with E-state index in [1.807, 2.05) is 117 Å². The fourth-order valence-electron chi connectivity index (χ4n) is 5.25. The Morgan fingerprint density at radius 1 is 0.915 bits per heavy atom. The molecule has 0 fully saturated rings. The van der Waals surface area contributed by atoms with Gasteiger partial charge in [-0.15, -0.1) is 0 Å². The van der Waals surface area contributed by atoms with Gasteiger partial charge in [0.15, 0.2) is 5.69 Å². The first-order chi connectivity index (χ1) is 23.0. The molecule has 0 atom stereocenters. The Morgan fingerprint density at radius 2 is 1.60 bits per heavy atom. The van der Waals surface area contributed by atoms with Gasteiger partial charge in [-0.2, -0.15) is 5.10 Å². The third-order valence-corrected chi connectivity index (χ3v) is 8.60. The van der Waals surface area contributed by atoms with Crippen molar-refractivity contribution in [1.29, 1.82) is 0 Å². The molecule has 5 aromatic carbocycles. The molecule has 0 unspecified atom stereocenters. The monoisotopic (exact) mass is 640 g/mol. The Labute approximate surface area is 274 Å². The summed E-state index contributed by atoms with van der Waals surface area (Å²) >= 11 is 1.44. The van der Waals surface area contributed by atoms with Crippen LogP contribution in [0.5, 0.6) is 17.4 Å². The largest absolute Gasteiger partial charge is 0.506 e. The molecular weight excluding hydrogens is 611 g/mol. The van der Waals surface area contributed by atoms with Crippen molar-refractivity contribution in [2.75, 3.05) is 5.32 Å². The number of carbonyl (C=O) groups is 1. The normalized spacial score (nSPS) is 11.1. The Morgan fingerprint density at radius 3 is 2.36 bits per heavy atom. The maximum absolute atomic E-state index is 13.6. The van der Waals surface area contributed by atoms with E-state index in [0.717, 1.165) is 28.2 Å². The molecule has 7 aromatic rings. The molecule has 11 heteroatoms. The zero-order valence-corrected chi connectivity index (χ0v) is 26.4. The summed E-state index contributed by atoms with van der Waals surface area (Å²) in [6.07, 6.45) is 0. The van der Waals surface area contributed by atoms with E-state index in [2.05, 4.69) is 20.7 Å². The van der Waals surface area contributed by atoms with Gasteiger partial charge in [-0.25, -0.2) is 4.68 Å². The maximum atomic E-state index is 13.6. The van der Waals surface area contributed by atoms with Crippen molar-refractivity contribution < 1.29 is 19.4 Å². The number of fused-ring (bicyclic) bond motifs is 1. The van der Waals surface area contributed by atoms with Gasteiger partial charge in [0.2, 0.25) is 5.88 Å². The number of hydrogen-bond donors (Lipinski definition) is 3. The molecule has 0 bridgehead atoms. The number of phenols is 1. The van der Waals surface area contributed by atoms with Gasteiger partial charge in [0.1, 0.15) is 11.5 Å². The lowest BCUT2D eigenvalue weighted by Crippen LogP contribution is -2.35. The van der Waals surface area contributed by atoms with Crippen LogP contribution in [0.15, 0.2) is 120 Å². The Hall–Kier alpha value is -5.94. The fourth-order valence-corrected chi connectivity index (χ4v) is 6.10. The highest BCUT2D eigenvalue weighted by Crippen LogP contribution is 2.41. The van der Waals surface area contributed by atoms with Gasteiger partial charge >= 0.3 is 5.16 Å². The summed E-state index contributed by atoms with van der Waals surface area (Å²) in [5.74, 6) is 0.758. The maximum Gasteiger partial charge on any atom is 0.366 e. The third kappa shape index (κ3) is 6.03. The van der Waals surface area contributed by atoms with E-state index < -0.39 is 5.91 Å². The second-order valence-electron chi connectivity index (χ2n) is 10.8. The van der Waals surface area contributed by atoms with Gasteiger partial charge in [0.25, 0.3) is 5.91 Å². The smallest absolute Gasteiger partial charge is 0.366 e. The van der Waals surface area contributed by atoms with Crippen molar-refractivity contribution in [1.82, 2.24) is 25.2 Å². The molecule has 0 spiro atoms. The average molecular weight is 641 g/mol. The van der Waals surface area contributed by atoms with Crippen LogP contribution in [0.4, 0.5) is 5.69 Å². The number of aromatic hydroxyl groups is 1. The summed E-state index contributed by atoms with van der Waals surface area (Å²) in [4.78, 5) is 15.2. The summed E-state index contributed by atoms with van der Waals surface area (Å²) in [5.41, 5.74) is 4.92. The number of hydrogen-bond acceptors (Lipinski definition) is 7. The van der Waals surface area contributed by atoms with Crippen LogP contribution in [0.2, 0.25) is 0 Å². The Kier molecular flexibility index (Phi) is 8.11. The molecule has 10 nitrogen and oxygen atoms in total. The van der Waals surface area contributed by atoms with E-state index in [9.17, 15) is 9.90 Å². The minimum Gasteiger partial charge on any atom is -0.506 e. The molecule has 0 radical (unpaired) electrons. The van der Waals surface area contributed by atoms with E-state index in [1.165, 1.54) is 11.8 Å². The number of phenolic OH excluding ortho intramolecular Hbond substituents is 1. The quantitative estimate of drug-likeness (QED) is 0.114. The van der Waals surface area contributed by atoms with Crippen LogP contribution in [0, 0.1) is 13.8 Å². The lowest BCUT2D eigenvalue weighted by molar-refractivity contribution is -0.718. The number of aryl methyl sites for hydroxylation is 2. The molecular formula is C36H30N7O3S+. The van der Waals surface area contributed by atoms with Crippen molar-refractivity contribution in [2.45, 2.75) is 24.8 Å². The predicted octanol–water partition coefficient (Wildman–Crippen LogP) is 7.08. The topological polar surface area (TPSA) is 122 Å². The van der Waals surface area contributed by atoms with Crippen LogP contribution >= 0.6 is 11.8 Å². The van der Waals surface area contributed by atoms with Crippen molar-refractivity contribution in [3.05, 3.63) is 138 Å². The number of aromatic amines is 1. The first-order valence-electron chi connectivity index (χ1n) is 14.9. The summed E-state index contributed by atoms with van der Waals surface area (Å²) in [7, 11) is 0. The zero-order valence-electron chi connectivity index (χ0n) is 25.6. The van der Waals surface area contributed by atoms with Gasteiger partial charge in [0, 0.05) is 32.9 Å². The summed E-state index contributed by atoms with van der Waals surface area (Å²) < 4.78 is 8.51. The molecule has 47 heavy (non-hydrogen) atoms. The third-order valence-electron chi connectivity index (χ3n) is 7.73. The number of H-pyrrole nitrogens is 1. The zero-order chi connectivity index (χ0) is 32.3. The minimum absolute atomic E-state index is 0.0894. The number of ether oxygens (including phenoxy) is 1. The van der Waals surface area contributed by atoms with Gasteiger partial charge in [0.05, 0.1) is 22.0 Å². The number of amides is 1. The molecule has 0 saturated heterocycles. The minimum atomic E-state index is -0.452. The van der Waals surface area contributed by atoms with Gasteiger partial charge in [-0.1, -0.05) is 78.9 Å². The van der Waals surface area contributed by atoms with E-state index >= 15 is 0 Å². The van der Waals surface area contributed by atoms with Crippen LogP contribution in [-0.2, 0) is 5.75 Å².